The molecule has 0 aliphatic carbocycles. The second-order valence-corrected chi connectivity index (χ2v) is 2.20. The molecule has 0 fully saturated rings. The highest BCUT2D eigenvalue weighted by Gasteiger charge is 2.14. The first-order valence-corrected chi connectivity index (χ1v) is 3.23. The number of nitrogens with zero attached hydrogens (tertiary/aromatic N) is 4. The Kier molecular flexibility index (Phi) is 1.18. The molecule has 2 rings (SSSR count). The van der Waals surface area contributed by atoms with E-state index in [0.717, 1.165) is 0 Å². The molecule has 0 saturated carbocycles. The Morgan fingerprint density at radius 3 is 3.25 bits per heavy atom. The first-order valence-electron chi connectivity index (χ1n) is 3.23. The van der Waals surface area contributed by atoms with Gasteiger partial charge in [-0.3, -0.25) is 9.89 Å². The van der Waals surface area contributed by atoms with Crippen molar-refractivity contribution in [2.75, 3.05) is 0 Å². The van der Waals surface area contributed by atoms with Gasteiger partial charge in [-0.25, -0.2) is 4.98 Å². The third kappa shape index (κ3) is 0.703. The first kappa shape index (κ1) is 6.54. The van der Waals surface area contributed by atoms with E-state index >= 15 is 0 Å². The lowest BCUT2D eigenvalue weighted by molar-refractivity contribution is 0.904. The van der Waals surface area contributed by atoms with E-state index in [2.05, 4.69) is 15.1 Å². The van der Waals surface area contributed by atoms with Crippen molar-refractivity contribution >= 4 is 11.3 Å². The molecule has 0 amide bonds. The van der Waals surface area contributed by atoms with E-state index in [1.165, 1.54) is 10.7 Å². The van der Waals surface area contributed by atoms with Crippen LogP contribution in [0.2, 0.25) is 0 Å². The minimum absolute atomic E-state index is 0.0880. The Balaban J connectivity index is 3.00. The molecule has 6 heteroatoms. The fourth-order valence-corrected chi connectivity index (χ4v) is 0.956. The third-order valence-electron chi connectivity index (χ3n) is 1.51. The molecular formula is C6H4N5O+. The van der Waals surface area contributed by atoms with Gasteiger partial charge in [0.15, 0.2) is 10.6 Å². The summed E-state index contributed by atoms with van der Waals surface area (Å²) >= 11 is 0. The molecule has 0 aliphatic rings. The van der Waals surface area contributed by atoms with Crippen LogP contribution in [0.25, 0.3) is 10.6 Å². The molecule has 0 aliphatic heterocycles. The van der Waals surface area contributed by atoms with Crippen LogP contribution in [-0.2, 0) is 0 Å². The zero-order valence-corrected chi connectivity index (χ0v) is 5.93. The number of aromatic amines is 1. The van der Waals surface area contributed by atoms with Gasteiger partial charge in [-0.05, 0) is 0 Å². The quantitative estimate of drug-likeness (QED) is 0.573. The molecule has 0 bridgehead atoms. The Morgan fingerprint density at radius 1 is 1.67 bits per heavy atom. The van der Waals surface area contributed by atoms with Crippen molar-refractivity contribution in [3.63, 3.8) is 0 Å². The summed E-state index contributed by atoms with van der Waals surface area (Å²) in [5, 5.41) is 11.0. The van der Waals surface area contributed by atoms with Crippen LogP contribution in [0.1, 0.15) is 0 Å². The van der Waals surface area contributed by atoms with Crippen molar-refractivity contribution in [1.29, 1.82) is 5.39 Å². The molecule has 1 N–H and O–H groups in total. The molecule has 0 radical (unpaired) electrons. The second kappa shape index (κ2) is 2.17. The summed E-state index contributed by atoms with van der Waals surface area (Å²) in [5.41, 5.74) is -0.0187. The first-order chi connectivity index (χ1) is 5.83. The van der Waals surface area contributed by atoms with Gasteiger partial charge in [0.05, 0.1) is 0 Å². The van der Waals surface area contributed by atoms with Crippen LogP contribution in [0.15, 0.2) is 23.3 Å². The summed E-state index contributed by atoms with van der Waals surface area (Å²) in [7, 11) is 0. The van der Waals surface area contributed by atoms with E-state index in [0.29, 0.717) is 5.65 Å². The summed E-state index contributed by atoms with van der Waals surface area (Å²) < 4.78 is 1.19. The van der Waals surface area contributed by atoms with Crippen molar-refractivity contribution in [3.8, 4) is 0 Å². The van der Waals surface area contributed by atoms with Crippen molar-refractivity contribution in [1.82, 2.24) is 14.6 Å². The molecule has 0 unspecified atom stereocenters. The predicted octanol–water partition coefficient (Wildman–Crippen LogP) is 0.507. The molecule has 0 aromatic carbocycles. The highest BCUT2D eigenvalue weighted by atomic mass is 16.1. The summed E-state index contributed by atoms with van der Waals surface area (Å²) in [6, 6.07) is 1.64. The minimum Gasteiger partial charge on any atom is -0.297 e. The van der Waals surface area contributed by atoms with Crippen LogP contribution in [0.3, 0.4) is 0 Å². The summed E-state index contributed by atoms with van der Waals surface area (Å²) in [4.78, 5) is 17.9. The Morgan fingerprint density at radius 2 is 2.50 bits per heavy atom. The average molecular weight is 162 g/mol. The van der Waals surface area contributed by atoms with E-state index < -0.39 is 5.56 Å². The number of hydrogen-bond donors (Lipinski definition) is 1. The molecule has 0 spiro atoms. The van der Waals surface area contributed by atoms with Crippen LogP contribution in [-0.4, -0.2) is 14.6 Å². The zero-order valence-electron chi connectivity index (χ0n) is 5.93. The second-order valence-electron chi connectivity index (χ2n) is 2.20. The van der Waals surface area contributed by atoms with Gasteiger partial charge < -0.3 is 0 Å². The summed E-state index contributed by atoms with van der Waals surface area (Å²) in [6.45, 7) is 0. The monoisotopic (exact) mass is 162 g/mol. The number of nitrogens with one attached hydrogen (secondary N) is 1. The highest BCUT2D eigenvalue weighted by Crippen LogP contribution is 2.02. The van der Waals surface area contributed by atoms with Gasteiger partial charge in [-0.2, -0.15) is 4.52 Å². The fraction of sp³-hybridized carbons (Fsp3) is 0. The van der Waals surface area contributed by atoms with E-state index in [4.69, 9.17) is 5.39 Å². The minimum atomic E-state index is -0.424. The number of H-pyrrole nitrogens is 1. The van der Waals surface area contributed by atoms with Crippen LogP contribution in [0, 0.1) is 5.39 Å². The largest absolute Gasteiger partial charge is 0.469 e. The maximum atomic E-state index is 11.3. The molecular weight excluding hydrogens is 158 g/mol. The molecule has 2 heterocycles. The lowest BCUT2D eigenvalue weighted by Crippen LogP contribution is -2.13. The van der Waals surface area contributed by atoms with Crippen LogP contribution in [0.4, 0.5) is 5.69 Å². The van der Waals surface area contributed by atoms with Gasteiger partial charge in [-0.1, -0.05) is 0 Å². The van der Waals surface area contributed by atoms with Gasteiger partial charge in [-0.15, -0.1) is 0 Å². The Bertz CT molecular complexity index is 516. The van der Waals surface area contributed by atoms with Crippen molar-refractivity contribution in [3.05, 3.63) is 33.8 Å². The van der Waals surface area contributed by atoms with E-state index in [1.54, 1.807) is 12.3 Å². The molecule has 12 heavy (non-hydrogen) atoms. The fourth-order valence-electron chi connectivity index (χ4n) is 0.956. The molecule has 2 aromatic heterocycles. The third-order valence-corrected chi connectivity index (χ3v) is 1.51. The SMILES string of the molecule is N#[N+]c1cnc2cc[nH]n2c1=O. The molecule has 0 atom stereocenters. The summed E-state index contributed by atoms with van der Waals surface area (Å²) in [6.07, 6.45) is 2.79. The standard InChI is InChI=1S/C6H3N5O/c7-10-4-3-8-5-1-2-9-11(5)6(4)12/h1-3H/p+1. The normalized spacial score (nSPS) is 9.92. The number of fused-ring (bicyclic) bond motifs is 1. The Hall–Kier alpha value is -2.16. The van der Waals surface area contributed by atoms with Gasteiger partial charge in [0.2, 0.25) is 5.39 Å². The number of aromatic nitrogens is 3. The maximum absolute atomic E-state index is 11.3. The zero-order chi connectivity index (χ0) is 8.55. The predicted molar refractivity (Wildman–Crippen MR) is 40.6 cm³/mol. The summed E-state index contributed by atoms with van der Waals surface area (Å²) in [5.74, 6) is 0. The van der Waals surface area contributed by atoms with E-state index in [1.807, 2.05) is 0 Å². The number of rotatable bonds is 0. The number of diazo groups is 1. The lowest BCUT2D eigenvalue weighted by Gasteiger charge is -1.85. The van der Waals surface area contributed by atoms with E-state index in [9.17, 15) is 4.79 Å². The van der Waals surface area contributed by atoms with Crippen LogP contribution in [0.5, 0.6) is 0 Å². The van der Waals surface area contributed by atoms with Gasteiger partial charge >= 0.3 is 11.2 Å². The highest BCUT2D eigenvalue weighted by molar-refractivity contribution is 5.45. The topological polar surface area (TPSA) is 78.3 Å². The van der Waals surface area contributed by atoms with Gasteiger partial charge in [0.25, 0.3) is 0 Å². The van der Waals surface area contributed by atoms with Crippen LogP contribution >= 0.6 is 0 Å². The molecule has 58 valence electrons. The van der Waals surface area contributed by atoms with Crippen molar-refractivity contribution in [2.45, 2.75) is 0 Å². The van der Waals surface area contributed by atoms with Crippen molar-refractivity contribution in [2.24, 2.45) is 0 Å². The smallest absolute Gasteiger partial charge is 0.297 e. The lowest BCUT2D eigenvalue weighted by atomic mass is 10.5. The Labute approximate surface area is 66.1 Å². The molecule has 0 saturated heterocycles. The molecule has 2 aromatic rings. The van der Waals surface area contributed by atoms with Gasteiger partial charge in [0.1, 0.15) is 6.20 Å². The average Bonchev–Trinajstić information content (AvgIpc) is 2.53. The van der Waals surface area contributed by atoms with E-state index in [-0.39, 0.29) is 5.69 Å². The maximum Gasteiger partial charge on any atom is 0.469 e. The molecule has 6 nitrogen and oxygen atoms in total. The van der Waals surface area contributed by atoms with Crippen molar-refractivity contribution < 1.29 is 0 Å². The van der Waals surface area contributed by atoms with Gasteiger partial charge in [0, 0.05) is 12.3 Å². The van der Waals surface area contributed by atoms with Crippen LogP contribution < -0.4 is 5.56 Å². The number of hydrogen-bond acceptors (Lipinski definition) is 3.